The van der Waals surface area contributed by atoms with E-state index >= 15 is 0 Å². The first-order chi connectivity index (χ1) is 6.63. The molecule has 1 aliphatic heterocycles. The van der Waals surface area contributed by atoms with E-state index in [-0.39, 0.29) is 6.10 Å². The molecule has 1 saturated heterocycles. The summed E-state index contributed by atoms with van der Waals surface area (Å²) in [7, 11) is 0. The first kappa shape index (κ1) is 11.1. The van der Waals surface area contributed by atoms with Crippen molar-refractivity contribution >= 4 is 0 Å². The zero-order valence-corrected chi connectivity index (χ0v) is 8.90. The van der Waals surface area contributed by atoms with Gasteiger partial charge < -0.3 is 10.0 Å². The number of aliphatic hydroxyl groups is 1. The minimum Gasteiger partial charge on any atom is -0.393 e. The van der Waals surface area contributed by atoms with E-state index in [4.69, 9.17) is 5.26 Å². The van der Waals surface area contributed by atoms with Gasteiger partial charge in [-0.25, -0.2) is 0 Å². The van der Waals surface area contributed by atoms with E-state index in [1.54, 1.807) is 0 Å². The Morgan fingerprint density at radius 2 is 2.07 bits per heavy atom. The molecule has 0 unspecified atom stereocenters. The molecule has 3 nitrogen and oxygen atoms in total. The lowest BCUT2D eigenvalue weighted by atomic mass is 10.1. The zero-order valence-electron chi connectivity index (χ0n) is 8.90. The van der Waals surface area contributed by atoms with Crippen molar-refractivity contribution in [1.29, 1.82) is 5.26 Å². The van der Waals surface area contributed by atoms with Crippen LogP contribution in [0.15, 0.2) is 11.8 Å². The molecule has 14 heavy (non-hydrogen) atoms. The van der Waals surface area contributed by atoms with Crippen LogP contribution in [0.1, 0.15) is 26.7 Å². The Kier molecular flexibility index (Phi) is 3.97. The molecule has 1 rings (SSSR count). The van der Waals surface area contributed by atoms with Gasteiger partial charge in [-0.15, -0.1) is 0 Å². The van der Waals surface area contributed by atoms with Crippen molar-refractivity contribution in [3.63, 3.8) is 0 Å². The first-order valence-corrected chi connectivity index (χ1v) is 5.18. The summed E-state index contributed by atoms with van der Waals surface area (Å²) in [6.45, 7) is 5.73. The van der Waals surface area contributed by atoms with E-state index < -0.39 is 0 Å². The van der Waals surface area contributed by atoms with Crippen molar-refractivity contribution in [2.24, 2.45) is 5.92 Å². The van der Waals surface area contributed by atoms with Gasteiger partial charge in [-0.1, -0.05) is 13.8 Å². The molecule has 0 aromatic carbocycles. The third-order valence-corrected chi connectivity index (χ3v) is 2.41. The Morgan fingerprint density at radius 1 is 1.50 bits per heavy atom. The van der Waals surface area contributed by atoms with Gasteiger partial charge in [0.05, 0.1) is 6.10 Å². The monoisotopic (exact) mass is 194 g/mol. The molecule has 3 heteroatoms. The molecule has 0 aromatic rings. The topological polar surface area (TPSA) is 47.3 Å². The number of hydrogen-bond donors (Lipinski definition) is 1. The highest BCUT2D eigenvalue weighted by atomic mass is 16.3. The summed E-state index contributed by atoms with van der Waals surface area (Å²) in [4.78, 5) is 2.06. The van der Waals surface area contributed by atoms with Gasteiger partial charge in [0.2, 0.25) is 0 Å². The molecular weight excluding hydrogens is 176 g/mol. The van der Waals surface area contributed by atoms with Gasteiger partial charge in [-0.05, 0) is 24.8 Å². The van der Waals surface area contributed by atoms with Crippen molar-refractivity contribution in [3.8, 4) is 6.07 Å². The summed E-state index contributed by atoms with van der Waals surface area (Å²) < 4.78 is 0. The van der Waals surface area contributed by atoms with Crippen molar-refractivity contribution < 1.29 is 5.11 Å². The molecule has 0 atom stereocenters. The third-order valence-electron chi connectivity index (χ3n) is 2.41. The molecule has 0 spiro atoms. The fraction of sp³-hybridized carbons (Fsp3) is 0.727. The maximum atomic E-state index is 9.33. The second-order valence-electron chi connectivity index (χ2n) is 4.13. The molecule has 0 aliphatic carbocycles. The molecule has 0 radical (unpaired) electrons. The van der Waals surface area contributed by atoms with E-state index in [1.165, 1.54) is 0 Å². The molecule has 1 aliphatic rings. The van der Waals surface area contributed by atoms with Crippen molar-refractivity contribution in [2.75, 3.05) is 13.1 Å². The molecule has 0 aromatic heterocycles. The standard InChI is InChI=1S/C11H18N2O/c1-9(2)7-10(8-12)13-5-3-11(14)4-6-13/h7,9,11,14H,3-6H2,1-2H3. The average Bonchev–Trinajstić information content (AvgIpc) is 2.15. The number of nitrogens with zero attached hydrogens (tertiary/aromatic N) is 2. The summed E-state index contributed by atoms with van der Waals surface area (Å²) in [6.07, 6.45) is 3.36. The number of hydrogen-bond acceptors (Lipinski definition) is 3. The zero-order chi connectivity index (χ0) is 10.6. The van der Waals surface area contributed by atoms with Crippen LogP contribution in [0.25, 0.3) is 0 Å². The smallest absolute Gasteiger partial charge is 0.117 e. The molecule has 0 amide bonds. The summed E-state index contributed by atoms with van der Waals surface area (Å²) in [6, 6.07) is 2.22. The summed E-state index contributed by atoms with van der Waals surface area (Å²) in [5, 5.41) is 18.3. The van der Waals surface area contributed by atoms with Gasteiger partial charge in [-0.3, -0.25) is 0 Å². The van der Waals surface area contributed by atoms with Gasteiger partial charge in [0, 0.05) is 13.1 Å². The number of allylic oxidation sites excluding steroid dienone is 2. The minimum atomic E-state index is -0.176. The fourth-order valence-electron chi connectivity index (χ4n) is 1.64. The Bertz CT molecular complexity index is 245. The van der Waals surface area contributed by atoms with E-state index in [2.05, 4.69) is 24.8 Å². The second-order valence-corrected chi connectivity index (χ2v) is 4.13. The van der Waals surface area contributed by atoms with E-state index in [1.807, 2.05) is 6.08 Å². The van der Waals surface area contributed by atoms with Crippen LogP contribution >= 0.6 is 0 Å². The van der Waals surface area contributed by atoms with Gasteiger partial charge in [0.1, 0.15) is 11.8 Å². The van der Waals surface area contributed by atoms with Crippen molar-refractivity contribution in [1.82, 2.24) is 4.90 Å². The van der Waals surface area contributed by atoms with Crippen LogP contribution in [-0.4, -0.2) is 29.2 Å². The van der Waals surface area contributed by atoms with Gasteiger partial charge >= 0.3 is 0 Å². The second kappa shape index (κ2) is 5.02. The highest BCUT2D eigenvalue weighted by Gasteiger charge is 2.18. The SMILES string of the molecule is CC(C)C=C(C#N)N1CCC(O)CC1. The molecular formula is C11H18N2O. The van der Waals surface area contributed by atoms with Crippen molar-refractivity contribution in [3.05, 3.63) is 11.8 Å². The van der Waals surface area contributed by atoms with Crippen LogP contribution in [0.5, 0.6) is 0 Å². The number of nitriles is 1. The van der Waals surface area contributed by atoms with E-state index in [9.17, 15) is 5.11 Å². The molecule has 1 fully saturated rings. The van der Waals surface area contributed by atoms with Gasteiger partial charge in [0.25, 0.3) is 0 Å². The Morgan fingerprint density at radius 3 is 2.50 bits per heavy atom. The van der Waals surface area contributed by atoms with Gasteiger partial charge in [0.15, 0.2) is 0 Å². The average molecular weight is 194 g/mol. The lowest BCUT2D eigenvalue weighted by Gasteiger charge is -2.30. The first-order valence-electron chi connectivity index (χ1n) is 5.18. The lowest BCUT2D eigenvalue weighted by Crippen LogP contribution is -2.35. The fourth-order valence-corrected chi connectivity index (χ4v) is 1.64. The molecule has 1 N–H and O–H groups in total. The van der Waals surface area contributed by atoms with Crippen molar-refractivity contribution in [2.45, 2.75) is 32.8 Å². The largest absolute Gasteiger partial charge is 0.393 e. The number of likely N-dealkylation sites (tertiary alicyclic amines) is 1. The van der Waals surface area contributed by atoms with Crippen LogP contribution < -0.4 is 0 Å². The third kappa shape index (κ3) is 3.04. The van der Waals surface area contributed by atoms with E-state index in [0.717, 1.165) is 31.6 Å². The summed E-state index contributed by atoms with van der Waals surface area (Å²) >= 11 is 0. The Balaban J connectivity index is 2.59. The Hall–Kier alpha value is -1.01. The Labute approximate surface area is 85.6 Å². The maximum Gasteiger partial charge on any atom is 0.117 e. The van der Waals surface area contributed by atoms with Crippen LogP contribution in [0.3, 0.4) is 0 Å². The van der Waals surface area contributed by atoms with Crippen LogP contribution in [0, 0.1) is 17.2 Å². The van der Waals surface area contributed by atoms with Crippen LogP contribution in [0.4, 0.5) is 0 Å². The predicted molar refractivity (Wildman–Crippen MR) is 55.3 cm³/mol. The van der Waals surface area contributed by atoms with Crippen LogP contribution in [-0.2, 0) is 0 Å². The summed E-state index contributed by atoms with van der Waals surface area (Å²) in [5.74, 6) is 0.400. The maximum absolute atomic E-state index is 9.33. The molecule has 1 heterocycles. The minimum absolute atomic E-state index is 0.176. The van der Waals surface area contributed by atoms with E-state index in [0.29, 0.717) is 5.92 Å². The van der Waals surface area contributed by atoms with Gasteiger partial charge in [-0.2, -0.15) is 5.26 Å². The normalized spacial score (nSPS) is 19.9. The molecule has 0 bridgehead atoms. The summed E-state index contributed by atoms with van der Waals surface area (Å²) in [5.41, 5.74) is 0.756. The number of aliphatic hydroxyl groups excluding tert-OH is 1. The number of piperidine rings is 1. The lowest BCUT2D eigenvalue weighted by molar-refractivity contribution is 0.0987. The predicted octanol–water partition coefficient (Wildman–Crippen LogP) is 1.51. The highest BCUT2D eigenvalue weighted by Crippen LogP contribution is 2.16. The molecule has 0 saturated carbocycles. The van der Waals surface area contributed by atoms with Crippen LogP contribution in [0.2, 0.25) is 0 Å². The number of rotatable bonds is 2. The quantitative estimate of drug-likeness (QED) is 0.678. The highest BCUT2D eigenvalue weighted by molar-refractivity contribution is 5.20. The molecule has 78 valence electrons.